The first kappa shape index (κ1) is 18.6. The Labute approximate surface area is 151 Å². The summed E-state index contributed by atoms with van der Waals surface area (Å²) in [5, 5.41) is 0.929. The van der Waals surface area contributed by atoms with Gasteiger partial charge in [0.1, 0.15) is 6.10 Å². The van der Waals surface area contributed by atoms with Crippen LogP contribution in [0.2, 0.25) is 10.0 Å². The Morgan fingerprint density at radius 3 is 2.50 bits per heavy atom. The summed E-state index contributed by atoms with van der Waals surface area (Å²) in [6.45, 7) is 6.29. The molecule has 1 aromatic carbocycles. The third-order valence-corrected chi connectivity index (χ3v) is 4.48. The maximum atomic E-state index is 12.2. The van der Waals surface area contributed by atoms with E-state index in [1.54, 1.807) is 36.1 Å². The predicted octanol–water partition coefficient (Wildman–Crippen LogP) is 4.12. The highest BCUT2D eigenvalue weighted by Crippen LogP contribution is 2.23. The van der Waals surface area contributed by atoms with E-state index in [4.69, 9.17) is 27.9 Å². The molecule has 128 valence electrons. The molecule has 0 aromatic heterocycles. The topological polar surface area (TPSA) is 46.6 Å². The molecule has 0 atom stereocenters. The number of ether oxygens (including phenoxy) is 1. The number of benzene rings is 1. The molecule has 0 bridgehead atoms. The molecule has 1 saturated heterocycles. The maximum Gasteiger partial charge on any atom is 0.333 e. The van der Waals surface area contributed by atoms with Crippen molar-refractivity contribution in [2.24, 2.45) is 0 Å². The summed E-state index contributed by atoms with van der Waals surface area (Å²) in [5.74, 6) is -0.454. The largest absolute Gasteiger partial charge is 0.459 e. The highest BCUT2D eigenvalue weighted by atomic mass is 35.5. The van der Waals surface area contributed by atoms with Gasteiger partial charge in [-0.05, 0) is 30.7 Å². The zero-order chi connectivity index (χ0) is 17.7. The molecule has 1 heterocycles. The number of likely N-dealkylation sites (tertiary alicyclic amines) is 1. The summed E-state index contributed by atoms with van der Waals surface area (Å²) < 4.78 is 5.31. The molecule has 24 heavy (non-hydrogen) atoms. The van der Waals surface area contributed by atoms with Crippen LogP contribution >= 0.6 is 23.2 Å². The van der Waals surface area contributed by atoms with E-state index in [0.29, 0.717) is 41.5 Å². The lowest BCUT2D eigenvalue weighted by molar-refractivity contribution is -0.147. The number of hydrogen-bond donors (Lipinski definition) is 0. The lowest BCUT2D eigenvalue weighted by Crippen LogP contribution is -2.40. The summed E-state index contributed by atoms with van der Waals surface area (Å²) in [6.07, 6.45) is 4.33. The highest BCUT2D eigenvalue weighted by Gasteiger charge is 2.24. The van der Waals surface area contributed by atoms with Gasteiger partial charge in [0.05, 0.1) is 10.0 Å². The van der Waals surface area contributed by atoms with Crippen LogP contribution in [0.1, 0.15) is 25.3 Å². The first-order valence-corrected chi connectivity index (χ1v) is 8.41. The fraction of sp³-hybridized carbons (Fsp3) is 0.333. The van der Waals surface area contributed by atoms with Crippen LogP contribution in [0, 0.1) is 0 Å². The predicted molar refractivity (Wildman–Crippen MR) is 96.0 cm³/mol. The van der Waals surface area contributed by atoms with Gasteiger partial charge in [-0.25, -0.2) is 4.79 Å². The number of esters is 1. The van der Waals surface area contributed by atoms with Crippen molar-refractivity contribution in [1.29, 1.82) is 0 Å². The number of nitrogens with zero attached hydrogens (tertiary/aromatic N) is 1. The highest BCUT2D eigenvalue weighted by molar-refractivity contribution is 6.42. The van der Waals surface area contributed by atoms with E-state index in [9.17, 15) is 9.59 Å². The average Bonchev–Trinajstić information content (AvgIpc) is 2.56. The van der Waals surface area contributed by atoms with Crippen molar-refractivity contribution in [2.75, 3.05) is 13.1 Å². The minimum atomic E-state index is -0.376. The first-order valence-electron chi connectivity index (χ1n) is 7.65. The van der Waals surface area contributed by atoms with E-state index in [2.05, 4.69) is 6.58 Å². The molecule has 1 aliphatic heterocycles. The molecule has 0 radical (unpaired) electrons. The van der Waals surface area contributed by atoms with E-state index in [1.165, 1.54) is 6.08 Å². The molecule has 6 heteroatoms. The molecule has 1 amide bonds. The number of carbonyl (C=O) groups is 2. The van der Waals surface area contributed by atoms with Crippen LogP contribution in [0.3, 0.4) is 0 Å². The van der Waals surface area contributed by atoms with E-state index >= 15 is 0 Å². The Kier molecular flexibility index (Phi) is 6.46. The van der Waals surface area contributed by atoms with Crippen molar-refractivity contribution < 1.29 is 14.3 Å². The van der Waals surface area contributed by atoms with Crippen molar-refractivity contribution in [3.8, 4) is 0 Å². The van der Waals surface area contributed by atoms with Crippen LogP contribution in [0.4, 0.5) is 0 Å². The van der Waals surface area contributed by atoms with Crippen molar-refractivity contribution in [3.05, 3.63) is 52.0 Å². The lowest BCUT2D eigenvalue weighted by Gasteiger charge is -2.31. The molecule has 4 nitrogen and oxygen atoms in total. The molecule has 0 aliphatic carbocycles. The van der Waals surface area contributed by atoms with Gasteiger partial charge in [-0.15, -0.1) is 0 Å². The van der Waals surface area contributed by atoms with E-state index in [0.717, 1.165) is 5.56 Å². The molecular weight excluding hydrogens is 349 g/mol. The minimum absolute atomic E-state index is 0.0780. The molecule has 2 rings (SSSR count). The van der Waals surface area contributed by atoms with Gasteiger partial charge in [0.25, 0.3) is 0 Å². The second-order valence-electron chi connectivity index (χ2n) is 5.72. The summed E-state index contributed by atoms with van der Waals surface area (Å²) in [5.41, 5.74) is 1.20. The fourth-order valence-electron chi connectivity index (χ4n) is 2.33. The molecule has 1 aliphatic rings. The van der Waals surface area contributed by atoms with Crippen LogP contribution in [-0.4, -0.2) is 36.0 Å². The molecule has 0 unspecified atom stereocenters. The molecule has 0 saturated carbocycles. The standard InChI is InChI=1S/C18H19Cl2NO3/c1-12(2)18(23)24-14-7-9-21(10-8-14)17(22)6-4-13-3-5-15(19)16(20)11-13/h3-6,11,14H,1,7-10H2,2H3/b6-4+. The third-order valence-electron chi connectivity index (χ3n) is 3.74. The summed E-state index contributed by atoms with van der Waals surface area (Å²) >= 11 is 11.8. The summed E-state index contributed by atoms with van der Waals surface area (Å²) in [4.78, 5) is 25.5. The normalized spacial score (nSPS) is 15.5. The average molecular weight is 368 g/mol. The number of rotatable bonds is 4. The van der Waals surface area contributed by atoms with Crippen LogP contribution in [0.5, 0.6) is 0 Å². The maximum absolute atomic E-state index is 12.2. The van der Waals surface area contributed by atoms with Crippen LogP contribution < -0.4 is 0 Å². The number of hydrogen-bond acceptors (Lipinski definition) is 3. The van der Waals surface area contributed by atoms with Crippen molar-refractivity contribution in [1.82, 2.24) is 4.90 Å². The Balaban J connectivity index is 1.86. The van der Waals surface area contributed by atoms with Crippen LogP contribution in [0.15, 0.2) is 36.4 Å². The smallest absolute Gasteiger partial charge is 0.333 e. The van der Waals surface area contributed by atoms with E-state index < -0.39 is 0 Å². The molecule has 0 N–H and O–H groups in total. The van der Waals surface area contributed by atoms with Gasteiger partial charge in [-0.1, -0.05) is 35.8 Å². The fourth-order valence-corrected chi connectivity index (χ4v) is 2.64. The zero-order valence-corrected chi connectivity index (χ0v) is 14.9. The Morgan fingerprint density at radius 1 is 1.25 bits per heavy atom. The molecular formula is C18H19Cl2NO3. The Morgan fingerprint density at radius 2 is 1.92 bits per heavy atom. The number of halogens is 2. The van der Waals surface area contributed by atoms with Crippen molar-refractivity contribution in [3.63, 3.8) is 0 Å². The van der Waals surface area contributed by atoms with Gasteiger partial charge < -0.3 is 9.64 Å². The van der Waals surface area contributed by atoms with Gasteiger partial charge in [0, 0.05) is 37.6 Å². The lowest BCUT2D eigenvalue weighted by atomic mass is 10.1. The van der Waals surface area contributed by atoms with Gasteiger partial charge in [-0.3, -0.25) is 4.79 Å². The quantitative estimate of drug-likeness (QED) is 0.593. The number of piperidine rings is 1. The van der Waals surface area contributed by atoms with Gasteiger partial charge >= 0.3 is 5.97 Å². The Hall–Kier alpha value is -1.78. The van der Waals surface area contributed by atoms with Gasteiger partial charge in [-0.2, -0.15) is 0 Å². The minimum Gasteiger partial charge on any atom is -0.459 e. The van der Waals surface area contributed by atoms with Crippen LogP contribution in [-0.2, 0) is 14.3 Å². The van der Waals surface area contributed by atoms with E-state index in [-0.39, 0.29) is 18.0 Å². The molecule has 0 spiro atoms. The summed E-state index contributed by atoms with van der Waals surface area (Å²) in [6, 6.07) is 5.19. The van der Waals surface area contributed by atoms with E-state index in [1.807, 2.05) is 0 Å². The second-order valence-corrected chi connectivity index (χ2v) is 6.53. The first-order chi connectivity index (χ1) is 11.4. The molecule has 1 aromatic rings. The Bertz CT molecular complexity index is 677. The SMILES string of the molecule is C=C(C)C(=O)OC1CCN(C(=O)/C=C/c2ccc(Cl)c(Cl)c2)CC1. The third kappa shape index (κ3) is 5.11. The zero-order valence-electron chi connectivity index (χ0n) is 13.4. The van der Waals surface area contributed by atoms with Crippen LogP contribution in [0.25, 0.3) is 6.08 Å². The number of carbonyl (C=O) groups excluding carboxylic acids is 2. The number of amides is 1. The van der Waals surface area contributed by atoms with Gasteiger partial charge in [0.2, 0.25) is 5.91 Å². The van der Waals surface area contributed by atoms with Crippen molar-refractivity contribution >= 4 is 41.2 Å². The monoisotopic (exact) mass is 367 g/mol. The van der Waals surface area contributed by atoms with Gasteiger partial charge in [0.15, 0.2) is 0 Å². The van der Waals surface area contributed by atoms with Crippen molar-refractivity contribution in [2.45, 2.75) is 25.9 Å². The second kappa shape index (κ2) is 8.36. The summed E-state index contributed by atoms with van der Waals surface area (Å²) in [7, 11) is 0. The molecule has 1 fully saturated rings.